The second kappa shape index (κ2) is 4.68. The van der Waals surface area contributed by atoms with Crippen LogP contribution in [-0.2, 0) is 0 Å². The third-order valence-electron chi connectivity index (χ3n) is 3.16. The zero-order valence-electron chi connectivity index (χ0n) is 10.2. The first kappa shape index (κ1) is 11.6. The van der Waals surface area contributed by atoms with Crippen LogP contribution in [0.2, 0.25) is 0 Å². The highest BCUT2D eigenvalue weighted by Gasteiger charge is 2.33. The van der Waals surface area contributed by atoms with E-state index >= 15 is 0 Å². The molecule has 1 amide bonds. The molecule has 0 saturated heterocycles. The first-order chi connectivity index (χ1) is 9.25. The lowest BCUT2D eigenvalue weighted by molar-refractivity contribution is 0.201. The van der Waals surface area contributed by atoms with E-state index in [1.807, 2.05) is 24.3 Å². The van der Waals surface area contributed by atoms with Gasteiger partial charge < -0.3 is 5.11 Å². The van der Waals surface area contributed by atoms with E-state index in [0.29, 0.717) is 0 Å². The standard InChI is InChI=1S/C14H13N3O2/c18-14(19)17(13-5-6-13)12-3-1-10(2-4-12)11-7-15-9-16-8-11/h1-4,7-9,13H,5-6H2,(H,18,19). The summed E-state index contributed by atoms with van der Waals surface area (Å²) >= 11 is 0. The van der Waals surface area contributed by atoms with Gasteiger partial charge in [-0.3, -0.25) is 4.90 Å². The molecule has 1 N–H and O–H groups in total. The van der Waals surface area contributed by atoms with E-state index in [2.05, 4.69) is 9.97 Å². The first-order valence-electron chi connectivity index (χ1n) is 6.13. The number of benzene rings is 1. The van der Waals surface area contributed by atoms with Crippen molar-refractivity contribution >= 4 is 11.8 Å². The van der Waals surface area contributed by atoms with Crippen LogP contribution in [0.3, 0.4) is 0 Å². The fourth-order valence-electron chi connectivity index (χ4n) is 2.07. The zero-order valence-corrected chi connectivity index (χ0v) is 10.2. The number of aromatic nitrogens is 2. The lowest BCUT2D eigenvalue weighted by Gasteiger charge is -2.18. The Kier molecular flexibility index (Phi) is 2.87. The summed E-state index contributed by atoms with van der Waals surface area (Å²) in [7, 11) is 0. The number of carboxylic acid groups (broad SMARTS) is 1. The molecule has 0 unspecified atom stereocenters. The summed E-state index contributed by atoms with van der Waals surface area (Å²) in [5.74, 6) is 0. The number of nitrogens with zero attached hydrogens (tertiary/aromatic N) is 3. The van der Waals surface area contributed by atoms with Crippen molar-refractivity contribution in [3.63, 3.8) is 0 Å². The molecule has 1 aromatic heterocycles. The second-order valence-corrected chi connectivity index (χ2v) is 4.56. The normalized spacial score (nSPS) is 14.1. The number of hydrogen-bond acceptors (Lipinski definition) is 3. The fourth-order valence-corrected chi connectivity index (χ4v) is 2.07. The van der Waals surface area contributed by atoms with E-state index in [0.717, 1.165) is 29.7 Å². The maximum atomic E-state index is 11.2. The van der Waals surface area contributed by atoms with Gasteiger partial charge in [-0.25, -0.2) is 14.8 Å². The largest absolute Gasteiger partial charge is 0.465 e. The summed E-state index contributed by atoms with van der Waals surface area (Å²) in [5.41, 5.74) is 2.61. The van der Waals surface area contributed by atoms with Crippen molar-refractivity contribution in [2.24, 2.45) is 0 Å². The van der Waals surface area contributed by atoms with E-state index in [1.165, 1.54) is 11.2 Å². The predicted molar refractivity (Wildman–Crippen MR) is 71.0 cm³/mol. The highest BCUT2D eigenvalue weighted by Crippen LogP contribution is 2.32. The van der Waals surface area contributed by atoms with Crippen LogP contribution in [0, 0.1) is 0 Å². The van der Waals surface area contributed by atoms with E-state index in [9.17, 15) is 9.90 Å². The van der Waals surface area contributed by atoms with Gasteiger partial charge in [0.15, 0.2) is 0 Å². The summed E-state index contributed by atoms with van der Waals surface area (Å²) in [5, 5.41) is 9.23. The smallest absolute Gasteiger partial charge is 0.412 e. The van der Waals surface area contributed by atoms with Gasteiger partial charge in [0.25, 0.3) is 0 Å². The first-order valence-corrected chi connectivity index (χ1v) is 6.13. The lowest BCUT2D eigenvalue weighted by atomic mass is 10.1. The maximum Gasteiger partial charge on any atom is 0.412 e. The summed E-state index contributed by atoms with van der Waals surface area (Å²) < 4.78 is 0. The lowest BCUT2D eigenvalue weighted by Crippen LogP contribution is -2.31. The highest BCUT2D eigenvalue weighted by molar-refractivity contribution is 5.87. The summed E-state index contributed by atoms with van der Waals surface area (Å²) in [4.78, 5) is 20.6. The molecule has 19 heavy (non-hydrogen) atoms. The van der Waals surface area contributed by atoms with Crippen LogP contribution < -0.4 is 4.90 Å². The van der Waals surface area contributed by atoms with Gasteiger partial charge in [-0.15, -0.1) is 0 Å². The molecule has 1 saturated carbocycles. The molecule has 1 fully saturated rings. The Bertz CT molecular complexity index is 579. The molecular weight excluding hydrogens is 242 g/mol. The van der Waals surface area contributed by atoms with Crippen LogP contribution in [0.5, 0.6) is 0 Å². The van der Waals surface area contributed by atoms with Crippen LogP contribution in [0.4, 0.5) is 10.5 Å². The predicted octanol–water partition coefficient (Wildman–Crippen LogP) is 2.79. The van der Waals surface area contributed by atoms with Crippen LogP contribution in [0.25, 0.3) is 11.1 Å². The van der Waals surface area contributed by atoms with E-state index < -0.39 is 6.09 Å². The Hall–Kier alpha value is -2.43. The van der Waals surface area contributed by atoms with Gasteiger partial charge in [0, 0.05) is 29.7 Å². The van der Waals surface area contributed by atoms with Crippen LogP contribution in [-0.4, -0.2) is 27.2 Å². The highest BCUT2D eigenvalue weighted by atomic mass is 16.4. The minimum Gasteiger partial charge on any atom is -0.465 e. The van der Waals surface area contributed by atoms with Gasteiger partial charge in [-0.2, -0.15) is 0 Å². The van der Waals surface area contributed by atoms with Gasteiger partial charge in [0.1, 0.15) is 6.33 Å². The van der Waals surface area contributed by atoms with Gasteiger partial charge in [-0.1, -0.05) is 12.1 Å². The Morgan fingerprint density at radius 3 is 2.26 bits per heavy atom. The summed E-state index contributed by atoms with van der Waals surface area (Å²) in [6.07, 6.45) is 5.95. The van der Waals surface area contributed by atoms with Crippen LogP contribution >= 0.6 is 0 Å². The minimum atomic E-state index is -0.890. The number of carbonyl (C=O) groups is 1. The van der Waals surface area contributed by atoms with E-state index in [1.54, 1.807) is 12.4 Å². The molecule has 0 radical (unpaired) electrons. The SMILES string of the molecule is O=C(O)N(c1ccc(-c2cncnc2)cc1)C1CC1. The summed E-state index contributed by atoms with van der Waals surface area (Å²) in [6.45, 7) is 0. The molecule has 1 aliphatic rings. The molecule has 1 heterocycles. The van der Waals surface area contributed by atoms with Crippen LogP contribution in [0.1, 0.15) is 12.8 Å². The van der Waals surface area contributed by atoms with E-state index in [-0.39, 0.29) is 6.04 Å². The Morgan fingerprint density at radius 2 is 1.74 bits per heavy atom. The molecule has 5 nitrogen and oxygen atoms in total. The fraction of sp³-hybridized carbons (Fsp3) is 0.214. The average molecular weight is 255 g/mol. The molecule has 5 heteroatoms. The van der Waals surface area contributed by atoms with Gasteiger partial charge >= 0.3 is 6.09 Å². The maximum absolute atomic E-state index is 11.2. The van der Waals surface area contributed by atoms with Crippen molar-refractivity contribution in [1.29, 1.82) is 0 Å². The minimum absolute atomic E-state index is 0.142. The molecule has 96 valence electrons. The van der Waals surface area contributed by atoms with Gasteiger partial charge in [-0.05, 0) is 30.5 Å². The average Bonchev–Trinajstić information content (AvgIpc) is 3.25. The van der Waals surface area contributed by atoms with Crippen molar-refractivity contribution in [2.75, 3.05) is 4.90 Å². The number of anilines is 1. The monoisotopic (exact) mass is 255 g/mol. The third kappa shape index (κ3) is 2.40. The van der Waals surface area contributed by atoms with Crippen LogP contribution in [0.15, 0.2) is 43.0 Å². The topological polar surface area (TPSA) is 66.3 Å². The van der Waals surface area contributed by atoms with Gasteiger partial charge in [0.2, 0.25) is 0 Å². The number of rotatable bonds is 3. The van der Waals surface area contributed by atoms with Crippen molar-refractivity contribution in [2.45, 2.75) is 18.9 Å². The van der Waals surface area contributed by atoms with Crippen molar-refractivity contribution in [3.8, 4) is 11.1 Å². The molecule has 0 aliphatic heterocycles. The number of amides is 1. The zero-order chi connectivity index (χ0) is 13.2. The number of hydrogen-bond donors (Lipinski definition) is 1. The Labute approximate surface area is 110 Å². The van der Waals surface area contributed by atoms with E-state index in [4.69, 9.17) is 0 Å². The van der Waals surface area contributed by atoms with Crippen molar-refractivity contribution < 1.29 is 9.90 Å². The molecule has 0 atom stereocenters. The Balaban J connectivity index is 1.88. The molecule has 0 spiro atoms. The Morgan fingerprint density at radius 1 is 1.11 bits per heavy atom. The van der Waals surface area contributed by atoms with Crippen molar-refractivity contribution in [3.05, 3.63) is 43.0 Å². The summed E-state index contributed by atoms with van der Waals surface area (Å²) in [6, 6.07) is 7.59. The molecular formula is C14H13N3O2. The molecule has 3 rings (SSSR count). The van der Waals surface area contributed by atoms with Crippen molar-refractivity contribution in [1.82, 2.24) is 9.97 Å². The molecule has 1 aromatic carbocycles. The molecule has 1 aliphatic carbocycles. The third-order valence-corrected chi connectivity index (χ3v) is 3.16. The molecule has 0 bridgehead atoms. The quantitative estimate of drug-likeness (QED) is 0.915. The second-order valence-electron chi connectivity index (χ2n) is 4.56. The molecule has 2 aromatic rings. The van der Waals surface area contributed by atoms with Gasteiger partial charge in [0.05, 0.1) is 0 Å².